The third-order valence-corrected chi connectivity index (χ3v) is 2.54. The van der Waals surface area contributed by atoms with Gasteiger partial charge in [-0.2, -0.15) is 0 Å². The molecule has 0 heterocycles. The molecular weight excluding hydrogens is 216 g/mol. The molecule has 1 aliphatic carbocycles. The zero-order valence-electron chi connectivity index (χ0n) is 8.64. The van der Waals surface area contributed by atoms with Crippen LogP contribution in [0.1, 0.15) is 15.9 Å². The summed E-state index contributed by atoms with van der Waals surface area (Å²) in [5.41, 5.74) is 0.942. The monoisotopic (exact) mass is 222 g/mol. The highest BCUT2D eigenvalue weighted by molar-refractivity contribution is 6.27. The molecule has 0 saturated carbocycles. The summed E-state index contributed by atoms with van der Waals surface area (Å²) in [6.07, 6.45) is 0.653. The number of aliphatic hydroxyl groups excluding tert-OH is 1. The number of nitrogens with zero attached hydrogens (tertiary/aromatic N) is 2. The van der Waals surface area contributed by atoms with Gasteiger partial charge in [0.1, 0.15) is 0 Å². The number of benzene rings is 1. The van der Waals surface area contributed by atoms with Gasteiger partial charge in [0, 0.05) is 11.1 Å². The Balaban J connectivity index is 2.87. The first-order valence-corrected chi connectivity index (χ1v) is 4.75. The number of carbonyl (C=O) groups excluding carboxylic acids is 1. The number of nitriles is 1. The maximum absolute atomic E-state index is 11.9. The van der Waals surface area contributed by atoms with Crippen molar-refractivity contribution in [2.45, 2.75) is 0 Å². The van der Waals surface area contributed by atoms with Gasteiger partial charge < -0.3 is 5.11 Å². The maximum Gasteiger partial charge on any atom is 0.270 e. The fourth-order valence-corrected chi connectivity index (χ4v) is 1.82. The van der Waals surface area contributed by atoms with Crippen molar-refractivity contribution in [3.63, 3.8) is 0 Å². The van der Waals surface area contributed by atoms with E-state index in [4.69, 9.17) is 16.9 Å². The van der Waals surface area contributed by atoms with E-state index >= 15 is 0 Å². The molecule has 0 bridgehead atoms. The summed E-state index contributed by atoms with van der Waals surface area (Å²) >= 11 is 0. The van der Waals surface area contributed by atoms with Crippen LogP contribution < -0.4 is 0 Å². The fraction of sp³-hybridized carbons (Fsp3) is 0. The quantitative estimate of drug-likeness (QED) is 0.317. The zero-order valence-corrected chi connectivity index (χ0v) is 8.64. The number of hydrogen-bond donors (Lipinski definition) is 1. The minimum atomic E-state index is -0.366. The molecule has 0 amide bonds. The van der Waals surface area contributed by atoms with Gasteiger partial charge in [0.15, 0.2) is 5.78 Å². The number of allylic oxidation sites excluding steroid dienone is 3. The smallest absolute Gasteiger partial charge is 0.270 e. The van der Waals surface area contributed by atoms with Crippen molar-refractivity contribution in [1.82, 2.24) is 0 Å². The molecule has 1 aromatic carbocycles. The summed E-state index contributed by atoms with van der Waals surface area (Å²) in [4.78, 5) is 15.0. The average molecular weight is 222 g/mol. The van der Waals surface area contributed by atoms with E-state index in [0.717, 1.165) is 0 Å². The third-order valence-electron chi connectivity index (χ3n) is 2.54. The minimum Gasteiger partial charge on any atom is -0.515 e. The van der Waals surface area contributed by atoms with Crippen LogP contribution in [-0.2, 0) is 0 Å². The lowest BCUT2D eigenvalue weighted by atomic mass is 10.0. The Morgan fingerprint density at radius 1 is 1.41 bits per heavy atom. The molecule has 0 radical (unpaired) electrons. The second kappa shape index (κ2) is 3.96. The Labute approximate surface area is 97.6 Å². The normalized spacial score (nSPS) is 18.5. The van der Waals surface area contributed by atoms with Crippen LogP contribution in [0.3, 0.4) is 0 Å². The van der Waals surface area contributed by atoms with E-state index in [-0.39, 0.29) is 22.6 Å². The van der Waals surface area contributed by atoms with Crippen LogP contribution in [0.5, 0.6) is 0 Å². The van der Waals surface area contributed by atoms with E-state index in [1.165, 1.54) is 0 Å². The van der Waals surface area contributed by atoms with Crippen molar-refractivity contribution in [2.24, 2.45) is 0 Å². The predicted molar refractivity (Wildman–Crippen MR) is 60.6 cm³/mol. The molecule has 0 aliphatic heterocycles. The molecule has 0 unspecified atom stereocenters. The van der Waals surface area contributed by atoms with Gasteiger partial charge in [0.25, 0.3) is 5.70 Å². The molecule has 1 aliphatic rings. The first-order valence-electron chi connectivity index (χ1n) is 4.75. The molecule has 0 fully saturated rings. The molecule has 4 heteroatoms. The Bertz CT molecular complexity index is 639. The van der Waals surface area contributed by atoms with E-state index in [1.807, 2.05) is 0 Å². The van der Waals surface area contributed by atoms with E-state index in [9.17, 15) is 4.79 Å². The van der Waals surface area contributed by atoms with E-state index in [2.05, 4.69) is 4.85 Å². The standard InChI is InChI=1S/C13H6N2O2/c1-15-11(6-14)12-8-4-2-3-5-9(8)13(17)10(12)7-16/h2-5,7,16H/b10-7-,12-11+. The van der Waals surface area contributed by atoms with Gasteiger partial charge in [-0.15, -0.1) is 0 Å². The fourth-order valence-electron chi connectivity index (χ4n) is 1.82. The SMILES string of the molecule is [C-]#[N+]/C(C#N)=C1/C(=C/O)C(=O)c2ccccc21. The molecular formula is C13H6N2O2. The minimum absolute atomic E-state index is 0.00116. The number of rotatable bonds is 0. The number of fused-ring (bicyclic) bond motifs is 1. The second-order valence-electron chi connectivity index (χ2n) is 3.36. The van der Waals surface area contributed by atoms with E-state index < -0.39 is 0 Å². The van der Waals surface area contributed by atoms with Crippen LogP contribution in [0, 0.1) is 17.9 Å². The molecule has 2 rings (SSSR count). The van der Waals surface area contributed by atoms with Gasteiger partial charge in [-0.05, 0) is 5.56 Å². The molecule has 0 atom stereocenters. The molecule has 1 aromatic rings. The van der Waals surface area contributed by atoms with Crippen molar-refractivity contribution in [3.8, 4) is 6.07 Å². The first-order chi connectivity index (χ1) is 8.24. The molecule has 0 saturated heterocycles. The van der Waals surface area contributed by atoms with E-state index in [0.29, 0.717) is 17.4 Å². The average Bonchev–Trinajstić information content (AvgIpc) is 2.65. The van der Waals surface area contributed by atoms with Crippen molar-refractivity contribution in [2.75, 3.05) is 0 Å². The van der Waals surface area contributed by atoms with Gasteiger partial charge >= 0.3 is 0 Å². The number of ketones is 1. The van der Waals surface area contributed by atoms with Gasteiger partial charge in [-0.3, -0.25) is 4.79 Å². The number of aliphatic hydroxyl groups is 1. The molecule has 0 aromatic heterocycles. The lowest BCUT2D eigenvalue weighted by Crippen LogP contribution is -1.95. The number of carbonyl (C=O) groups is 1. The lowest BCUT2D eigenvalue weighted by molar-refractivity contribution is 0.104. The molecule has 0 spiro atoms. The molecule has 4 nitrogen and oxygen atoms in total. The molecule has 17 heavy (non-hydrogen) atoms. The van der Waals surface area contributed by atoms with Crippen LogP contribution in [0.15, 0.2) is 41.8 Å². The Kier molecular flexibility index (Phi) is 2.48. The van der Waals surface area contributed by atoms with Crippen LogP contribution in [0.4, 0.5) is 0 Å². The van der Waals surface area contributed by atoms with Crippen LogP contribution in [-0.4, -0.2) is 10.9 Å². The first kappa shape index (κ1) is 10.7. The maximum atomic E-state index is 11.9. The lowest BCUT2D eigenvalue weighted by Gasteiger charge is -1.99. The van der Waals surface area contributed by atoms with Crippen molar-refractivity contribution in [3.05, 3.63) is 64.3 Å². The highest BCUT2D eigenvalue weighted by atomic mass is 16.2. The van der Waals surface area contributed by atoms with Crippen molar-refractivity contribution >= 4 is 11.4 Å². The largest absolute Gasteiger partial charge is 0.515 e. The highest BCUT2D eigenvalue weighted by Crippen LogP contribution is 2.38. The van der Waals surface area contributed by atoms with Crippen molar-refractivity contribution in [1.29, 1.82) is 5.26 Å². The zero-order chi connectivity index (χ0) is 12.4. The molecule has 80 valence electrons. The summed E-state index contributed by atoms with van der Waals surface area (Å²) in [6, 6.07) is 8.41. The Morgan fingerprint density at radius 2 is 2.06 bits per heavy atom. The van der Waals surface area contributed by atoms with Crippen molar-refractivity contribution < 1.29 is 9.90 Å². The second-order valence-corrected chi connectivity index (χ2v) is 3.36. The summed E-state index contributed by atoms with van der Waals surface area (Å²) in [5.74, 6) is -0.366. The number of Topliss-reactive ketones (excluding diaryl/α,β-unsaturated/α-hetero) is 1. The third kappa shape index (κ3) is 1.40. The Morgan fingerprint density at radius 3 is 2.59 bits per heavy atom. The summed E-state index contributed by atoms with van der Waals surface area (Å²) in [5, 5.41) is 18.0. The van der Waals surface area contributed by atoms with Gasteiger partial charge in [0.05, 0.1) is 24.5 Å². The van der Waals surface area contributed by atoms with E-state index in [1.54, 1.807) is 30.3 Å². The Hall–Kier alpha value is -2.85. The van der Waals surface area contributed by atoms with Crippen LogP contribution in [0.2, 0.25) is 0 Å². The highest BCUT2D eigenvalue weighted by Gasteiger charge is 2.32. The van der Waals surface area contributed by atoms with Crippen LogP contribution in [0.25, 0.3) is 10.4 Å². The summed E-state index contributed by atoms with van der Waals surface area (Å²) < 4.78 is 0. The van der Waals surface area contributed by atoms with Gasteiger partial charge in [-0.1, -0.05) is 24.3 Å². The number of hydrogen-bond acceptors (Lipinski definition) is 3. The topological polar surface area (TPSA) is 65.4 Å². The summed E-state index contributed by atoms with van der Waals surface area (Å²) in [7, 11) is 0. The predicted octanol–water partition coefficient (Wildman–Crippen LogP) is 2.48. The summed E-state index contributed by atoms with van der Waals surface area (Å²) in [6.45, 7) is 6.92. The van der Waals surface area contributed by atoms with Gasteiger partial charge in [-0.25, -0.2) is 10.1 Å². The van der Waals surface area contributed by atoms with Gasteiger partial charge in [0.2, 0.25) is 0 Å². The molecule has 1 N–H and O–H groups in total. The van der Waals surface area contributed by atoms with Crippen LogP contribution >= 0.6 is 0 Å².